The van der Waals surface area contributed by atoms with E-state index in [0.29, 0.717) is 0 Å². The van der Waals surface area contributed by atoms with E-state index in [1.807, 2.05) is 48.2 Å². The van der Waals surface area contributed by atoms with Gasteiger partial charge in [0.1, 0.15) is 0 Å². The van der Waals surface area contributed by atoms with Crippen LogP contribution < -0.4 is 0 Å². The van der Waals surface area contributed by atoms with Gasteiger partial charge in [0.2, 0.25) is 0 Å². The van der Waals surface area contributed by atoms with Crippen molar-refractivity contribution in [2.24, 2.45) is 41.4 Å². The zero-order valence-electron chi connectivity index (χ0n) is 27.8. The Morgan fingerprint density at radius 2 is 1.17 bits per heavy atom. The second-order valence-corrected chi connectivity index (χ2v) is 10.4. The summed E-state index contributed by atoms with van der Waals surface area (Å²) in [6.07, 6.45) is 19.0. The molecule has 0 aromatic carbocycles. The first kappa shape index (κ1) is 42.5. The molecule has 0 radical (unpaired) electrons. The van der Waals surface area contributed by atoms with E-state index in [0.717, 1.165) is 41.4 Å². The molecule has 2 fully saturated rings. The standard InChI is InChI=1S/C24H46.C3H8.3C2H6.CH5P/c1-6-8-12-21(7-2)20(5)24(22-16-14-18(3)15-17-22)23-13-10-9-11-19(23)4;1-3-2;4*1-2/h18-24H,6-17H2,1-5H3;3H2,1-2H3;3*1-2H3;2H2,1H3. The van der Waals surface area contributed by atoms with Gasteiger partial charge in [-0.2, -0.15) is 0 Å². The largest absolute Gasteiger partial charge is 0.141 e. The molecule has 2 rings (SSSR count). The summed E-state index contributed by atoms with van der Waals surface area (Å²) in [7, 11) is 2.42. The highest BCUT2D eigenvalue weighted by molar-refractivity contribution is 7.15. The molecule has 2 aliphatic rings. The van der Waals surface area contributed by atoms with Crippen LogP contribution in [0.15, 0.2) is 0 Å². The minimum absolute atomic E-state index is 0.950. The maximum absolute atomic E-state index is 2.66. The summed E-state index contributed by atoms with van der Waals surface area (Å²) in [5.74, 6) is 6.99. The van der Waals surface area contributed by atoms with Crippen LogP contribution in [-0.4, -0.2) is 6.66 Å². The highest BCUT2D eigenvalue weighted by atomic mass is 31.0. The van der Waals surface area contributed by atoms with Gasteiger partial charge in [0, 0.05) is 0 Å². The van der Waals surface area contributed by atoms with Crippen molar-refractivity contribution in [3.05, 3.63) is 0 Å². The van der Waals surface area contributed by atoms with Gasteiger partial charge in [-0.25, -0.2) is 0 Å². The van der Waals surface area contributed by atoms with E-state index in [4.69, 9.17) is 0 Å². The van der Waals surface area contributed by atoms with Gasteiger partial charge in [-0.1, -0.05) is 161 Å². The first-order valence-corrected chi connectivity index (χ1v) is 17.7. The average Bonchev–Trinajstić information content (AvgIpc) is 2.92. The summed E-state index contributed by atoms with van der Waals surface area (Å²) >= 11 is 0. The van der Waals surface area contributed by atoms with Crippen LogP contribution in [0.5, 0.6) is 0 Å². The highest BCUT2D eigenvalue weighted by Gasteiger charge is 2.40. The number of hydrogen-bond donors (Lipinski definition) is 0. The fraction of sp³-hybridized carbons (Fsp3) is 1.00. The topological polar surface area (TPSA) is 0 Å². The molecule has 0 aliphatic heterocycles. The fourth-order valence-corrected chi connectivity index (χ4v) is 6.38. The lowest BCUT2D eigenvalue weighted by Crippen LogP contribution is -2.38. The Morgan fingerprint density at radius 3 is 1.57 bits per heavy atom. The molecule has 0 heterocycles. The van der Waals surface area contributed by atoms with Crippen molar-refractivity contribution in [3.8, 4) is 0 Å². The smallest absolute Gasteiger partial charge is 0.0326 e. The molecule has 0 saturated heterocycles. The quantitative estimate of drug-likeness (QED) is 0.281. The molecule has 0 aromatic rings. The second-order valence-electron chi connectivity index (χ2n) is 10.4. The average molecular weight is 517 g/mol. The van der Waals surface area contributed by atoms with Crippen LogP contribution in [0.1, 0.15) is 173 Å². The van der Waals surface area contributed by atoms with Crippen LogP contribution in [0.4, 0.5) is 0 Å². The molecule has 6 atom stereocenters. The molecule has 0 amide bonds. The lowest BCUT2D eigenvalue weighted by atomic mass is 9.59. The summed E-state index contributed by atoms with van der Waals surface area (Å²) in [6, 6.07) is 0. The monoisotopic (exact) mass is 517 g/mol. The van der Waals surface area contributed by atoms with Crippen molar-refractivity contribution >= 4 is 9.24 Å². The molecule has 2 aliphatic carbocycles. The third kappa shape index (κ3) is 19.2. The van der Waals surface area contributed by atoms with E-state index in [9.17, 15) is 0 Å². The van der Waals surface area contributed by atoms with Gasteiger partial charge < -0.3 is 0 Å². The highest BCUT2D eigenvalue weighted by Crippen LogP contribution is 2.49. The summed E-state index contributed by atoms with van der Waals surface area (Å²) in [5.41, 5.74) is 0. The third-order valence-corrected chi connectivity index (χ3v) is 8.08. The first-order chi connectivity index (χ1) is 17.0. The van der Waals surface area contributed by atoms with Gasteiger partial charge in [0.15, 0.2) is 0 Å². The van der Waals surface area contributed by atoms with Gasteiger partial charge in [0.05, 0.1) is 0 Å². The Hall–Kier alpha value is 0.430. The summed E-state index contributed by atoms with van der Waals surface area (Å²) in [5, 5.41) is 0. The normalized spacial score (nSPS) is 25.5. The minimum atomic E-state index is 0.950. The Labute approximate surface area is 230 Å². The molecule has 0 nitrogen and oxygen atoms in total. The summed E-state index contributed by atoms with van der Waals surface area (Å²) in [4.78, 5) is 0. The minimum Gasteiger partial charge on any atom is -0.141 e. The van der Waals surface area contributed by atoms with Crippen LogP contribution in [0, 0.1) is 41.4 Å². The van der Waals surface area contributed by atoms with Crippen LogP contribution in [0.2, 0.25) is 0 Å². The van der Waals surface area contributed by atoms with Crippen molar-refractivity contribution < 1.29 is 0 Å². The van der Waals surface area contributed by atoms with Crippen LogP contribution in [0.25, 0.3) is 0 Å². The molecular weight excluding hydrogens is 439 g/mol. The van der Waals surface area contributed by atoms with E-state index in [1.54, 1.807) is 0 Å². The second kappa shape index (κ2) is 32.5. The maximum Gasteiger partial charge on any atom is -0.0326 e. The van der Waals surface area contributed by atoms with Crippen molar-refractivity contribution in [2.75, 3.05) is 6.66 Å². The molecule has 1 heteroatoms. The fourth-order valence-electron chi connectivity index (χ4n) is 6.38. The zero-order chi connectivity index (χ0) is 28.2. The molecule has 0 N–H and O–H groups in total. The van der Waals surface area contributed by atoms with Crippen molar-refractivity contribution in [1.82, 2.24) is 0 Å². The van der Waals surface area contributed by atoms with E-state index >= 15 is 0 Å². The van der Waals surface area contributed by atoms with E-state index < -0.39 is 0 Å². The SMILES string of the molecule is CC.CC.CC.CCC.CCCCC(CC)C(C)C(C1CCC(C)CC1)C1CCCCC1C.CP. The predicted octanol–water partition coefficient (Wildman–Crippen LogP) is 13.1. The molecule has 35 heavy (non-hydrogen) atoms. The van der Waals surface area contributed by atoms with Gasteiger partial charge in [-0.3, -0.25) is 0 Å². The number of rotatable bonds is 8. The van der Waals surface area contributed by atoms with E-state index in [-0.39, 0.29) is 0 Å². The zero-order valence-corrected chi connectivity index (χ0v) is 29.0. The summed E-state index contributed by atoms with van der Waals surface area (Å²) in [6.45, 7) is 30.7. The Balaban J connectivity index is -0.000000381. The molecule has 6 unspecified atom stereocenters. The van der Waals surface area contributed by atoms with Crippen molar-refractivity contribution in [3.63, 3.8) is 0 Å². The molecule has 0 bridgehead atoms. The number of unbranched alkanes of at least 4 members (excludes halogenated alkanes) is 1. The van der Waals surface area contributed by atoms with Crippen LogP contribution in [-0.2, 0) is 0 Å². The Morgan fingerprint density at radius 1 is 0.714 bits per heavy atom. The third-order valence-electron chi connectivity index (χ3n) is 8.08. The van der Waals surface area contributed by atoms with Crippen molar-refractivity contribution in [1.29, 1.82) is 0 Å². The van der Waals surface area contributed by atoms with Gasteiger partial charge in [0.25, 0.3) is 0 Å². The Bertz CT molecular complexity index is 344. The van der Waals surface area contributed by atoms with Crippen LogP contribution >= 0.6 is 9.24 Å². The van der Waals surface area contributed by atoms with Crippen LogP contribution in [0.3, 0.4) is 0 Å². The summed E-state index contributed by atoms with van der Waals surface area (Å²) < 4.78 is 0. The molecule has 0 spiro atoms. The first-order valence-electron chi connectivity index (χ1n) is 16.6. The van der Waals surface area contributed by atoms with Gasteiger partial charge in [-0.05, 0) is 60.7 Å². The lowest BCUT2D eigenvalue weighted by molar-refractivity contribution is 0.0288. The molecule has 2 saturated carbocycles. The van der Waals surface area contributed by atoms with Crippen molar-refractivity contribution in [2.45, 2.75) is 173 Å². The van der Waals surface area contributed by atoms with Gasteiger partial charge in [-0.15, -0.1) is 9.24 Å². The molecule has 218 valence electrons. The van der Waals surface area contributed by atoms with Gasteiger partial charge >= 0.3 is 0 Å². The Kier molecular flexibility index (Phi) is 39.4. The molecule has 0 aromatic heterocycles. The van der Waals surface area contributed by atoms with E-state index in [2.05, 4.69) is 57.7 Å². The predicted molar refractivity (Wildman–Crippen MR) is 174 cm³/mol. The molecular formula is C34H77P. The number of hydrogen-bond acceptors (Lipinski definition) is 0. The maximum atomic E-state index is 2.66. The lowest BCUT2D eigenvalue weighted by Gasteiger charge is -2.47. The van der Waals surface area contributed by atoms with E-state index in [1.165, 1.54) is 83.5 Å².